The number of halogens is 1. The number of carbonyl (C=O) groups excluding carboxylic acids is 1. The van der Waals surface area contributed by atoms with Crippen molar-refractivity contribution in [3.05, 3.63) is 64.7 Å². The van der Waals surface area contributed by atoms with Gasteiger partial charge in [-0.15, -0.1) is 0 Å². The van der Waals surface area contributed by atoms with Gasteiger partial charge in [-0.25, -0.2) is 4.79 Å². The van der Waals surface area contributed by atoms with E-state index in [2.05, 4.69) is 21.0 Å². The summed E-state index contributed by atoms with van der Waals surface area (Å²) in [5.74, 6) is 0.269. The Morgan fingerprint density at radius 2 is 2.08 bits per heavy atom. The number of nitrogens with zero attached hydrogens (tertiary/aromatic N) is 1. The van der Waals surface area contributed by atoms with Crippen molar-refractivity contribution in [3.63, 3.8) is 0 Å². The smallest absolute Gasteiger partial charge is 0.343 e. The van der Waals surface area contributed by atoms with Crippen LogP contribution in [0.3, 0.4) is 0 Å². The molecule has 0 spiro atoms. The Labute approximate surface area is 158 Å². The van der Waals surface area contributed by atoms with E-state index in [0.717, 1.165) is 31.2 Å². The summed E-state index contributed by atoms with van der Waals surface area (Å²) >= 11 is 6.17. The van der Waals surface area contributed by atoms with E-state index in [-0.39, 0.29) is 18.6 Å². The Balaban J connectivity index is 1.65. The van der Waals surface area contributed by atoms with Crippen molar-refractivity contribution in [1.29, 1.82) is 0 Å². The summed E-state index contributed by atoms with van der Waals surface area (Å²) in [5, 5.41) is 4.23. The molecule has 0 bridgehead atoms. The second-order valence-electron chi connectivity index (χ2n) is 6.25. The Hall–Kier alpha value is -2.08. The topological polar surface area (TPSA) is 50.8 Å². The van der Waals surface area contributed by atoms with Gasteiger partial charge in [0.25, 0.3) is 0 Å². The number of rotatable bonds is 6. The molecule has 1 heterocycles. The highest BCUT2D eigenvalue weighted by atomic mass is 35.5. The molecule has 1 saturated heterocycles. The summed E-state index contributed by atoms with van der Waals surface area (Å²) in [6, 6.07) is 16.2. The molecule has 6 heteroatoms. The van der Waals surface area contributed by atoms with Crippen LogP contribution in [0.2, 0.25) is 5.02 Å². The Bertz CT molecular complexity index is 736. The van der Waals surface area contributed by atoms with Crippen LogP contribution in [0.15, 0.2) is 48.5 Å². The van der Waals surface area contributed by atoms with E-state index < -0.39 is 0 Å². The van der Waals surface area contributed by atoms with Crippen molar-refractivity contribution in [2.45, 2.75) is 12.6 Å². The zero-order valence-electron chi connectivity index (χ0n) is 14.8. The lowest BCUT2D eigenvalue weighted by atomic mass is 10.0. The van der Waals surface area contributed by atoms with E-state index in [0.29, 0.717) is 5.75 Å². The van der Waals surface area contributed by atoms with Gasteiger partial charge in [0.15, 0.2) is 6.61 Å². The van der Waals surface area contributed by atoms with Crippen molar-refractivity contribution < 1.29 is 14.3 Å². The van der Waals surface area contributed by atoms with Crippen molar-refractivity contribution in [1.82, 2.24) is 10.2 Å². The van der Waals surface area contributed by atoms with Crippen LogP contribution in [-0.2, 0) is 16.1 Å². The zero-order chi connectivity index (χ0) is 18.4. The number of hydrogen-bond donors (Lipinski definition) is 1. The third-order valence-corrected chi connectivity index (χ3v) is 4.72. The molecule has 1 unspecified atom stereocenters. The minimum atomic E-state index is -0.390. The molecule has 0 aromatic heterocycles. The fraction of sp³-hybridized carbons (Fsp3) is 0.350. The first kappa shape index (κ1) is 18.7. The maximum atomic E-state index is 11.1. The Kier molecular flexibility index (Phi) is 6.50. The second kappa shape index (κ2) is 9.03. The van der Waals surface area contributed by atoms with Crippen molar-refractivity contribution in [2.75, 3.05) is 33.4 Å². The number of methoxy groups -OCH3 is 1. The average Bonchev–Trinajstić information content (AvgIpc) is 2.67. The molecular formula is C20H23ClN2O3. The third kappa shape index (κ3) is 4.97. The first-order valence-electron chi connectivity index (χ1n) is 8.64. The summed E-state index contributed by atoms with van der Waals surface area (Å²) in [7, 11) is 1.35. The van der Waals surface area contributed by atoms with Crippen molar-refractivity contribution >= 4 is 17.6 Å². The van der Waals surface area contributed by atoms with E-state index in [4.69, 9.17) is 16.3 Å². The van der Waals surface area contributed by atoms with E-state index >= 15 is 0 Å². The van der Waals surface area contributed by atoms with Gasteiger partial charge in [-0.1, -0.05) is 35.9 Å². The van der Waals surface area contributed by atoms with E-state index in [1.807, 2.05) is 42.5 Å². The van der Waals surface area contributed by atoms with Crippen LogP contribution in [-0.4, -0.2) is 44.2 Å². The zero-order valence-corrected chi connectivity index (χ0v) is 15.5. The van der Waals surface area contributed by atoms with Gasteiger partial charge >= 0.3 is 5.97 Å². The SMILES string of the molecule is COC(=O)COc1ccc(CN2CCNCC2c2cccc(Cl)c2)cc1. The van der Waals surface area contributed by atoms with Crippen LogP contribution >= 0.6 is 11.6 Å². The van der Waals surface area contributed by atoms with Gasteiger partial charge in [0, 0.05) is 37.2 Å². The standard InChI is InChI=1S/C20H23ClN2O3/c1-25-20(24)14-26-18-7-5-15(6-8-18)13-23-10-9-22-12-19(23)16-3-2-4-17(21)11-16/h2-8,11,19,22H,9-10,12-14H2,1H3. The molecule has 5 nitrogen and oxygen atoms in total. The fourth-order valence-corrected chi connectivity index (χ4v) is 3.30. The molecule has 0 aliphatic carbocycles. The minimum absolute atomic E-state index is 0.0789. The molecule has 1 N–H and O–H groups in total. The summed E-state index contributed by atoms with van der Waals surface area (Å²) in [4.78, 5) is 13.6. The molecule has 0 amide bonds. The van der Waals surface area contributed by atoms with Crippen LogP contribution < -0.4 is 10.1 Å². The van der Waals surface area contributed by atoms with Crippen LogP contribution in [0, 0.1) is 0 Å². The second-order valence-corrected chi connectivity index (χ2v) is 6.69. The first-order chi connectivity index (χ1) is 12.7. The number of nitrogens with one attached hydrogen (secondary N) is 1. The predicted octanol–water partition coefficient (Wildman–Crippen LogP) is 3.04. The number of esters is 1. The minimum Gasteiger partial charge on any atom is -0.482 e. The van der Waals surface area contributed by atoms with Gasteiger partial charge in [0.2, 0.25) is 0 Å². The van der Waals surface area contributed by atoms with Gasteiger partial charge in [-0.3, -0.25) is 4.90 Å². The number of ether oxygens (including phenoxy) is 2. The van der Waals surface area contributed by atoms with Crippen LogP contribution in [0.1, 0.15) is 17.2 Å². The molecule has 26 heavy (non-hydrogen) atoms. The van der Waals surface area contributed by atoms with Gasteiger partial charge in [0.1, 0.15) is 5.75 Å². The summed E-state index contributed by atoms with van der Waals surface area (Å²) in [6.45, 7) is 3.61. The Morgan fingerprint density at radius 3 is 2.81 bits per heavy atom. The maximum absolute atomic E-state index is 11.1. The van der Waals surface area contributed by atoms with Crippen molar-refractivity contribution in [2.24, 2.45) is 0 Å². The van der Waals surface area contributed by atoms with Gasteiger partial charge in [0.05, 0.1) is 7.11 Å². The van der Waals surface area contributed by atoms with Gasteiger partial charge < -0.3 is 14.8 Å². The van der Waals surface area contributed by atoms with Crippen LogP contribution in [0.4, 0.5) is 0 Å². The molecule has 0 saturated carbocycles. The third-order valence-electron chi connectivity index (χ3n) is 4.48. The largest absolute Gasteiger partial charge is 0.482 e. The molecular weight excluding hydrogens is 352 g/mol. The highest BCUT2D eigenvalue weighted by Gasteiger charge is 2.23. The molecule has 3 rings (SSSR count). The molecule has 1 fully saturated rings. The quantitative estimate of drug-likeness (QED) is 0.787. The highest BCUT2D eigenvalue weighted by molar-refractivity contribution is 6.30. The maximum Gasteiger partial charge on any atom is 0.343 e. The van der Waals surface area contributed by atoms with Crippen molar-refractivity contribution in [3.8, 4) is 5.75 Å². The van der Waals surface area contributed by atoms with E-state index in [1.165, 1.54) is 18.2 Å². The molecule has 1 aliphatic heterocycles. The van der Waals surface area contributed by atoms with E-state index in [1.54, 1.807) is 0 Å². The summed E-state index contributed by atoms with van der Waals surface area (Å²) in [6.07, 6.45) is 0. The monoisotopic (exact) mass is 374 g/mol. The molecule has 138 valence electrons. The molecule has 2 aromatic carbocycles. The predicted molar refractivity (Wildman–Crippen MR) is 101 cm³/mol. The first-order valence-corrected chi connectivity index (χ1v) is 9.02. The van der Waals surface area contributed by atoms with Crippen LogP contribution in [0.5, 0.6) is 5.75 Å². The van der Waals surface area contributed by atoms with E-state index in [9.17, 15) is 4.79 Å². The lowest BCUT2D eigenvalue weighted by molar-refractivity contribution is -0.142. The summed E-state index contributed by atoms with van der Waals surface area (Å²) in [5.41, 5.74) is 2.42. The number of carbonyl (C=O) groups is 1. The number of benzene rings is 2. The average molecular weight is 375 g/mol. The van der Waals surface area contributed by atoms with Gasteiger partial charge in [-0.2, -0.15) is 0 Å². The Morgan fingerprint density at radius 1 is 1.27 bits per heavy atom. The lowest BCUT2D eigenvalue weighted by Gasteiger charge is -2.36. The lowest BCUT2D eigenvalue weighted by Crippen LogP contribution is -2.45. The highest BCUT2D eigenvalue weighted by Crippen LogP contribution is 2.26. The normalized spacial score (nSPS) is 17.7. The van der Waals surface area contributed by atoms with Gasteiger partial charge in [-0.05, 0) is 35.4 Å². The molecule has 1 atom stereocenters. The summed E-state index contributed by atoms with van der Waals surface area (Å²) < 4.78 is 9.97. The molecule has 1 aliphatic rings. The number of hydrogen-bond acceptors (Lipinski definition) is 5. The molecule has 2 aromatic rings. The fourth-order valence-electron chi connectivity index (χ4n) is 3.10. The van der Waals surface area contributed by atoms with Crippen LogP contribution in [0.25, 0.3) is 0 Å². The number of piperazine rings is 1. The molecule has 0 radical (unpaired) electrons.